The minimum atomic E-state index is -0.498. The first kappa shape index (κ1) is 14.0. The van der Waals surface area contributed by atoms with Gasteiger partial charge in [0.15, 0.2) is 0 Å². The van der Waals surface area contributed by atoms with E-state index in [4.69, 9.17) is 5.26 Å². The molecule has 0 fully saturated rings. The van der Waals surface area contributed by atoms with E-state index in [1.165, 1.54) is 17.4 Å². The van der Waals surface area contributed by atoms with Crippen LogP contribution in [0, 0.1) is 28.4 Å². The van der Waals surface area contributed by atoms with Crippen molar-refractivity contribution in [2.45, 2.75) is 19.9 Å². The minimum Gasteiger partial charge on any atom is -0.371 e. The monoisotopic (exact) mass is 288 g/mol. The molecule has 0 spiro atoms. The summed E-state index contributed by atoms with van der Waals surface area (Å²) in [6.45, 7) is 3.79. The molecule has 1 heterocycles. The SMILES string of the molecule is Cc1nc(C(C)Nc2ccc(C#N)cc2[N+](=O)[O-])cs1. The molecule has 2 aromatic rings. The molecule has 7 heteroatoms. The lowest BCUT2D eigenvalue weighted by molar-refractivity contribution is -0.384. The van der Waals surface area contributed by atoms with Gasteiger partial charge in [0, 0.05) is 11.4 Å². The second-order valence-corrected chi connectivity index (χ2v) is 5.32. The van der Waals surface area contributed by atoms with E-state index in [1.807, 2.05) is 25.3 Å². The van der Waals surface area contributed by atoms with Crippen molar-refractivity contribution in [3.63, 3.8) is 0 Å². The number of nitro groups is 1. The fraction of sp³-hybridized carbons (Fsp3) is 0.231. The predicted molar refractivity (Wildman–Crippen MR) is 76.7 cm³/mol. The Morgan fingerprint density at radius 2 is 2.30 bits per heavy atom. The number of nitrogens with one attached hydrogen (secondary N) is 1. The number of nitriles is 1. The van der Waals surface area contributed by atoms with Gasteiger partial charge in [0.25, 0.3) is 5.69 Å². The van der Waals surface area contributed by atoms with Crippen molar-refractivity contribution in [1.29, 1.82) is 5.26 Å². The highest BCUT2D eigenvalue weighted by atomic mass is 32.1. The third-order valence-corrected chi connectivity index (χ3v) is 3.57. The van der Waals surface area contributed by atoms with Crippen LogP contribution in [0.2, 0.25) is 0 Å². The zero-order chi connectivity index (χ0) is 14.7. The number of anilines is 1. The number of hydrogen-bond acceptors (Lipinski definition) is 6. The average molecular weight is 288 g/mol. The Morgan fingerprint density at radius 1 is 1.55 bits per heavy atom. The molecule has 0 amide bonds. The maximum Gasteiger partial charge on any atom is 0.293 e. The van der Waals surface area contributed by atoms with Gasteiger partial charge in [0.2, 0.25) is 0 Å². The first-order valence-corrected chi connectivity index (χ1v) is 6.76. The maximum atomic E-state index is 11.1. The van der Waals surface area contributed by atoms with Gasteiger partial charge in [-0.3, -0.25) is 10.1 Å². The highest BCUT2D eigenvalue weighted by Crippen LogP contribution is 2.29. The lowest BCUT2D eigenvalue weighted by Crippen LogP contribution is -2.09. The molecule has 102 valence electrons. The summed E-state index contributed by atoms with van der Waals surface area (Å²) in [5.74, 6) is 0. The van der Waals surface area contributed by atoms with Crippen LogP contribution < -0.4 is 5.32 Å². The van der Waals surface area contributed by atoms with Crippen LogP contribution in [0.4, 0.5) is 11.4 Å². The summed E-state index contributed by atoms with van der Waals surface area (Å²) in [4.78, 5) is 14.9. The Kier molecular flexibility index (Phi) is 3.96. The van der Waals surface area contributed by atoms with Gasteiger partial charge in [0.05, 0.1) is 33.3 Å². The summed E-state index contributed by atoms with van der Waals surface area (Å²) in [7, 11) is 0. The van der Waals surface area contributed by atoms with E-state index in [0.717, 1.165) is 10.7 Å². The summed E-state index contributed by atoms with van der Waals surface area (Å²) in [6.07, 6.45) is 0. The number of benzene rings is 1. The summed E-state index contributed by atoms with van der Waals surface area (Å²) in [5, 5.41) is 25.8. The van der Waals surface area contributed by atoms with Crippen molar-refractivity contribution < 1.29 is 4.92 Å². The molecule has 1 atom stereocenters. The molecule has 1 N–H and O–H groups in total. The summed E-state index contributed by atoms with van der Waals surface area (Å²) < 4.78 is 0. The standard InChI is InChI=1S/C13H12N4O2S/c1-8(12-7-20-9(2)16-12)15-11-4-3-10(6-14)5-13(11)17(18)19/h3-5,7-8,15H,1-2H3. The van der Waals surface area contributed by atoms with Crippen LogP contribution in [0.1, 0.15) is 29.2 Å². The number of hydrogen-bond donors (Lipinski definition) is 1. The van der Waals surface area contributed by atoms with Crippen molar-refractivity contribution in [2.24, 2.45) is 0 Å². The van der Waals surface area contributed by atoms with Crippen LogP contribution in [0.3, 0.4) is 0 Å². The third-order valence-electron chi connectivity index (χ3n) is 2.78. The van der Waals surface area contributed by atoms with Crippen molar-refractivity contribution in [2.75, 3.05) is 5.32 Å². The third kappa shape index (κ3) is 2.92. The van der Waals surface area contributed by atoms with Gasteiger partial charge >= 0.3 is 0 Å². The first-order valence-electron chi connectivity index (χ1n) is 5.88. The average Bonchev–Trinajstić information content (AvgIpc) is 2.85. The molecule has 0 aliphatic heterocycles. The van der Waals surface area contributed by atoms with E-state index >= 15 is 0 Å². The molecule has 1 unspecified atom stereocenters. The van der Waals surface area contributed by atoms with Gasteiger partial charge in [-0.25, -0.2) is 4.98 Å². The van der Waals surface area contributed by atoms with Gasteiger partial charge in [-0.2, -0.15) is 5.26 Å². The Balaban J connectivity index is 2.29. The van der Waals surface area contributed by atoms with Crippen LogP contribution in [0.15, 0.2) is 23.6 Å². The van der Waals surface area contributed by atoms with Gasteiger partial charge in [-0.1, -0.05) is 0 Å². The topological polar surface area (TPSA) is 91.8 Å². The second kappa shape index (κ2) is 5.67. The largest absolute Gasteiger partial charge is 0.371 e. The van der Waals surface area contributed by atoms with E-state index in [9.17, 15) is 10.1 Å². The van der Waals surface area contributed by atoms with Crippen LogP contribution >= 0.6 is 11.3 Å². The fourth-order valence-corrected chi connectivity index (χ4v) is 2.47. The van der Waals surface area contributed by atoms with Gasteiger partial charge in [-0.05, 0) is 26.0 Å². The molecule has 6 nitrogen and oxygen atoms in total. The van der Waals surface area contributed by atoms with E-state index in [1.54, 1.807) is 12.1 Å². The lowest BCUT2D eigenvalue weighted by atomic mass is 10.1. The Bertz CT molecular complexity index is 690. The summed E-state index contributed by atoms with van der Waals surface area (Å²) in [5.41, 5.74) is 1.38. The Morgan fingerprint density at radius 3 is 2.85 bits per heavy atom. The summed E-state index contributed by atoms with van der Waals surface area (Å²) >= 11 is 1.53. The van der Waals surface area contributed by atoms with E-state index in [-0.39, 0.29) is 17.3 Å². The minimum absolute atomic E-state index is 0.108. The van der Waals surface area contributed by atoms with Crippen LogP contribution in [0.25, 0.3) is 0 Å². The van der Waals surface area contributed by atoms with Crippen LogP contribution in [0.5, 0.6) is 0 Å². The van der Waals surface area contributed by atoms with Gasteiger partial charge < -0.3 is 5.32 Å². The number of nitrogens with zero attached hydrogens (tertiary/aromatic N) is 3. The van der Waals surface area contributed by atoms with Crippen LogP contribution in [-0.2, 0) is 0 Å². The zero-order valence-corrected chi connectivity index (χ0v) is 11.8. The lowest BCUT2D eigenvalue weighted by Gasteiger charge is -2.13. The van der Waals surface area contributed by atoms with E-state index in [2.05, 4.69) is 10.3 Å². The molecular formula is C13H12N4O2S. The van der Waals surface area contributed by atoms with Crippen molar-refractivity contribution >= 4 is 22.7 Å². The normalized spacial score (nSPS) is 11.7. The predicted octanol–water partition coefficient (Wildman–Crippen LogP) is 3.40. The van der Waals surface area contributed by atoms with E-state index in [0.29, 0.717) is 5.69 Å². The fourth-order valence-electron chi connectivity index (χ4n) is 1.76. The highest BCUT2D eigenvalue weighted by molar-refractivity contribution is 7.09. The number of aromatic nitrogens is 1. The molecule has 0 aliphatic carbocycles. The molecule has 0 radical (unpaired) electrons. The molecule has 0 bridgehead atoms. The molecule has 1 aromatic carbocycles. The van der Waals surface area contributed by atoms with Crippen molar-refractivity contribution in [1.82, 2.24) is 4.98 Å². The molecule has 2 rings (SSSR count). The maximum absolute atomic E-state index is 11.1. The summed E-state index contributed by atoms with van der Waals surface area (Å²) in [6, 6.07) is 6.11. The zero-order valence-electron chi connectivity index (χ0n) is 11.0. The second-order valence-electron chi connectivity index (χ2n) is 4.26. The van der Waals surface area contributed by atoms with Crippen molar-refractivity contribution in [3.05, 3.63) is 50.0 Å². The van der Waals surface area contributed by atoms with E-state index < -0.39 is 4.92 Å². The molecule has 1 aromatic heterocycles. The molecule has 0 aliphatic rings. The quantitative estimate of drug-likeness (QED) is 0.687. The number of nitro benzene ring substituents is 1. The molecular weight excluding hydrogens is 276 g/mol. The Labute approximate surface area is 119 Å². The van der Waals surface area contributed by atoms with Crippen LogP contribution in [-0.4, -0.2) is 9.91 Å². The van der Waals surface area contributed by atoms with Gasteiger partial charge in [0.1, 0.15) is 5.69 Å². The Hall–Kier alpha value is -2.46. The molecule has 0 saturated heterocycles. The smallest absolute Gasteiger partial charge is 0.293 e. The number of rotatable bonds is 4. The first-order chi connectivity index (χ1) is 9.51. The number of aryl methyl sites for hydroxylation is 1. The van der Waals surface area contributed by atoms with Gasteiger partial charge in [-0.15, -0.1) is 11.3 Å². The molecule has 0 saturated carbocycles. The highest BCUT2D eigenvalue weighted by Gasteiger charge is 2.18. The van der Waals surface area contributed by atoms with Crippen molar-refractivity contribution in [3.8, 4) is 6.07 Å². The number of thiazole rings is 1. The molecule has 20 heavy (non-hydrogen) atoms.